The topological polar surface area (TPSA) is 61.4 Å². The van der Waals surface area contributed by atoms with Gasteiger partial charge in [0.05, 0.1) is 0 Å². The molecule has 1 aromatic rings. The highest BCUT2D eigenvalue weighted by Gasteiger charge is 2.40. The molecule has 2 aliphatic heterocycles. The summed E-state index contributed by atoms with van der Waals surface area (Å²) in [5, 5.41) is 6.08. The summed E-state index contributed by atoms with van der Waals surface area (Å²) >= 11 is 0. The third-order valence-corrected chi connectivity index (χ3v) is 4.18. The molecular weight excluding hydrogens is 254 g/mol. The van der Waals surface area contributed by atoms with Crippen LogP contribution in [-0.4, -0.2) is 35.3 Å². The summed E-state index contributed by atoms with van der Waals surface area (Å²) in [6.07, 6.45) is 0. The molecule has 2 heterocycles. The van der Waals surface area contributed by atoms with Crippen LogP contribution in [0.25, 0.3) is 0 Å². The first-order chi connectivity index (χ1) is 9.50. The lowest BCUT2D eigenvalue weighted by Gasteiger charge is -2.41. The van der Waals surface area contributed by atoms with Crippen molar-refractivity contribution in [2.24, 2.45) is 0 Å². The monoisotopic (exact) mass is 273 g/mol. The van der Waals surface area contributed by atoms with E-state index < -0.39 is 5.54 Å². The summed E-state index contributed by atoms with van der Waals surface area (Å²) in [6.45, 7) is 6.30. The molecule has 106 valence electrons. The van der Waals surface area contributed by atoms with Gasteiger partial charge in [-0.25, -0.2) is 0 Å². The zero-order valence-electron chi connectivity index (χ0n) is 11.8. The number of carbonyl (C=O) groups is 2. The Kier molecular flexibility index (Phi) is 3.01. The Hall–Kier alpha value is -1.88. The first-order valence-electron chi connectivity index (χ1n) is 6.93. The van der Waals surface area contributed by atoms with Crippen molar-refractivity contribution in [3.63, 3.8) is 0 Å². The molecule has 0 saturated carbocycles. The van der Waals surface area contributed by atoms with Crippen molar-refractivity contribution in [3.05, 3.63) is 34.9 Å². The summed E-state index contributed by atoms with van der Waals surface area (Å²) in [5.74, 6) is -0.167. The number of hydrogen-bond acceptors (Lipinski definition) is 3. The van der Waals surface area contributed by atoms with Crippen LogP contribution in [0.3, 0.4) is 0 Å². The highest BCUT2D eigenvalue weighted by atomic mass is 16.2. The maximum absolute atomic E-state index is 12.7. The molecule has 1 fully saturated rings. The molecule has 0 aromatic heterocycles. The van der Waals surface area contributed by atoms with Crippen LogP contribution in [0.2, 0.25) is 0 Å². The van der Waals surface area contributed by atoms with E-state index in [9.17, 15) is 9.59 Å². The molecule has 0 aliphatic carbocycles. The van der Waals surface area contributed by atoms with Crippen molar-refractivity contribution in [2.75, 3.05) is 13.1 Å². The normalized spacial score (nSPS) is 20.5. The number of fused-ring (bicyclic) bond motifs is 1. The van der Waals surface area contributed by atoms with E-state index in [-0.39, 0.29) is 11.8 Å². The zero-order chi connectivity index (χ0) is 14.3. The van der Waals surface area contributed by atoms with E-state index in [0.29, 0.717) is 18.7 Å². The summed E-state index contributed by atoms with van der Waals surface area (Å²) in [7, 11) is 0. The molecule has 5 heteroatoms. The van der Waals surface area contributed by atoms with Crippen molar-refractivity contribution in [2.45, 2.75) is 32.5 Å². The minimum atomic E-state index is -0.799. The Balaban J connectivity index is 1.90. The van der Waals surface area contributed by atoms with Crippen molar-refractivity contribution in [1.82, 2.24) is 15.5 Å². The second-order valence-corrected chi connectivity index (χ2v) is 5.86. The van der Waals surface area contributed by atoms with Crippen LogP contribution in [0.1, 0.15) is 35.3 Å². The van der Waals surface area contributed by atoms with Gasteiger partial charge in [0.15, 0.2) is 0 Å². The molecule has 2 N–H and O–H groups in total. The molecule has 1 saturated heterocycles. The lowest BCUT2D eigenvalue weighted by atomic mass is 9.97. The second-order valence-electron chi connectivity index (χ2n) is 5.86. The van der Waals surface area contributed by atoms with E-state index in [4.69, 9.17) is 0 Å². The maximum atomic E-state index is 12.7. The van der Waals surface area contributed by atoms with Gasteiger partial charge in [-0.1, -0.05) is 6.07 Å². The SMILES string of the molecule is CC1(C)C(=O)NCCN1C(=O)c1ccc2c(c1)CNC2. The Bertz CT molecular complexity index is 580. The molecule has 0 bridgehead atoms. The molecule has 5 nitrogen and oxygen atoms in total. The van der Waals surface area contributed by atoms with Gasteiger partial charge >= 0.3 is 0 Å². The van der Waals surface area contributed by atoms with Crippen LogP contribution in [0.15, 0.2) is 18.2 Å². The molecule has 3 rings (SSSR count). The van der Waals surface area contributed by atoms with Crippen LogP contribution in [0.5, 0.6) is 0 Å². The van der Waals surface area contributed by atoms with Crippen molar-refractivity contribution in [3.8, 4) is 0 Å². The van der Waals surface area contributed by atoms with E-state index in [1.165, 1.54) is 11.1 Å². The summed E-state index contributed by atoms with van der Waals surface area (Å²) < 4.78 is 0. The van der Waals surface area contributed by atoms with Gasteiger partial charge in [-0.05, 0) is 37.1 Å². The quantitative estimate of drug-likeness (QED) is 0.789. The maximum Gasteiger partial charge on any atom is 0.254 e. The number of nitrogens with one attached hydrogen (secondary N) is 2. The van der Waals surface area contributed by atoms with Crippen LogP contribution in [-0.2, 0) is 17.9 Å². The minimum Gasteiger partial charge on any atom is -0.352 e. The van der Waals surface area contributed by atoms with Crippen LogP contribution in [0.4, 0.5) is 0 Å². The molecule has 0 unspecified atom stereocenters. The predicted octanol–water partition coefficient (Wildman–Crippen LogP) is 0.640. The van der Waals surface area contributed by atoms with Crippen molar-refractivity contribution >= 4 is 11.8 Å². The van der Waals surface area contributed by atoms with Gasteiger partial charge in [0.1, 0.15) is 5.54 Å². The highest BCUT2D eigenvalue weighted by Crippen LogP contribution is 2.23. The van der Waals surface area contributed by atoms with Gasteiger partial charge in [0.25, 0.3) is 5.91 Å². The molecule has 2 aliphatic rings. The van der Waals surface area contributed by atoms with E-state index in [1.807, 2.05) is 18.2 Å². The van der Waals surface area contributed by atoms with Gasteiger partial charge in [-0.2, -0.15) is 0 Å². The lowest BCUT2D eigenvalue weighted by molar-refractivity contribution is -0.133. The van der Waals surface area contributed by atoms with E-state index in [0.717, 1.165) is 13.1 Å². The molecule has 2 amide bonds. The Morgan fingerprint density at radius 1 is 1.25 bits per heavy atom. The summed E-state index contributed by atoms with van der Waals surface area (Å²) in [5.41, 5.74) is 2.29. The average molecular weight is 273 g/mol. The lowest BCUT2D eigenvalue weighted by Crippen LogP contribution is -2.63. The van der Waals surface area contributed by atoms with Gasteiger partial charge in [-0.3, -0.25) is 9.59 Å². The molecule has 20 heavy (non-hydrogen) atoms. The van der Waals surface area contributed by atoms with Crippen molar-refractivity contribution in [1.29, 1.82) is 0 Å². The molecule has 0 radical (unpaired) electrons. The fraction of sp³-hybridized carbons (Fsp3) is 0.467. The first-order valence-corrected chi connectivity index (χ1v) is 6.93. The molecular formula is C15H19N3O2. The van der Waals surface area contributed by atoms with Gasteiger partial charge in [-0.15, -0.1) is 0 Å². The summed E-state index contributed by atoms with van der Waals surface area (Å²) in [4.78, 5) is 26.3. The Labute approximate surface area is 118 Å². The predicted molar refractivity (Wildman–Crippen MR) is 75.1 cm³/mol. The Morgan fingerprint density at radius 2 is 2.00 bits per heavy atom. The van der Waals surface area contributed by atoms with Crippen LogP contribution < -0.4 is 10.6 Å². The second kappa shape index (κ2) is 4.59. The number of carbonyl (C=O) groups excluding carboxylic acids is 2. The molecule has 0 spiro atoms. The standard InChI is InChI=1S/C15H19N3O2/c1-15(2)14(20)17-5-6-18(15)13(19)10-3-4-11-8-16-9-12(11)7-10/h3-4,7,16H,5-6,8-9H2,1-2H3,(H,17,20). The van der Waals surface area contributed by atoms with Crippen molar-refractivity contribution < 1.29 is 9.59 Å². The smallest absolute Gasteiger partial charge is 0.254 e. The van der Waals surface area contributed by atoms with Gasteiger partial charge < -0.3 is 15.5 Å². The molecule has 1 aromatic carbocycles. The number of amides is 2. The van der Waals surface area contributed by atoms with Crippen LogP contribution in [0, 0.1) is 0 Å². The highest BCUT2D eigenvalue weighted by molar-refractivity contribution is 5.99. The summed E-state index contributed by atoms with van der Waals surface area (Å²) in [6, 6.07) is 5.80. The van der Waals surface area contributed by atoms with Gasteiger partial charge in [0, 0.05) is 31.7 Å². The fourth-order valence-electron chi connectivity index (χ4n) is 2.84. The third-order valence-electron chi connectivity index (χ3n) is 4.18. The largest absolute Gasteiger partial charge is 0.352 e. The Morgan fingerprint density at radius 3 is 2.80 bits per heavy atom. The van der Waals surface area contributed by atoms with Gasteiger partial charge in [0.2, 0.25) is 5.91 Å². The zero-order valence-corrected chi connectivity index (χ0v) is 11.8. The van der Waals surface area contributed by atoms with Crippen LogP contribution >= 0.6 is 0 Å². The number of nitrogens with zero attached hydrogens (tertiary/aromatic N) is 1. The van der Waals surface area contributed by atoms with E-state index in [2.05, 4.69) is 10.6 Å². The number of rotatable bonds is 1. The average Bonchev–Trinajstić information content (AvgIpc) is 2.88. The fourth-order valence-corrected chi connectivity index (χ4v) is 2.84. The first kappa shape index (κ1) is 13.1. The number of piperazine rings is 1. The van der Waals surface area contributed by atoms with E-state index in [1.54, 1.807) is 18.7 Å². The third kappa shape index (κ3) is 1.98. The number of benzene rings is 1. The number of hydrogen-bond donors (Lipinski definition) is 2. The van der Waals surface area contributed by atoms with E-state index >= 15 is 0 Å². The minimum absolute atomic E-state index is 0.0699. The molecule has 0 atom stereocenters.